The predicted octanol–water partition coefficient (Wildman–Crippen LogP) is 4.42. The zero-order valence-electron chi connectivity index (χ0n) is 17.2. The maximum atomic E-state index is 12.9. The molecule has 2 amide bonds. The van der Waals surface area contributed by atoms with Gasteiger partial charge in [-0.2, -0.15) is 0 Å². The van der Waals surface area contributed by atoms with Crippen LogP contribution < -0.4 is 4.74 Å². The minimum atomic E-state index is -0.141. The molecule has 1 aromatic heterocycles. The summed E-state index contributed by atoms with van der Waals surface area (Å²) in [5, 5.41) is 0.678. The summed E-state index contributed by atoms with van der Waals surface area (Å²) < 4.78 is 11.3. The van der Waals surface area contributed by atoms with Gasteiger partial charge in [0.05, 0.1) is 0 Å². The minimum absolute atomic E-state index is 0.0714. The number of benzene rings is 2. The summed E-state index contributed by atoms with van der Waals surface area (Å²) in [7, 11) is 0. The van der Waals surface area contributed by atoms with E-state index in [1.165, 1.54) is 0 Å². The van der Waals surface area contributed by atoms with Crippen molar-refractivity contribution in [3.63, 3.8) is 0 Å². The van der Waals surface area contributed by atoms with E-state index in [4.69, 9.17) is 20.8 Å². The standard InChI is InChI=1S/C24H23ClN2O4/c1-17-5-10-22(31-17)24(29)27-13-11-26(12-14-27)23(28)19-3-2-4-21(15-19)30-16-18-6-8-20(25)9-7-18/h2-10,15H,11-14,16H2,1H3. The van der Waals surface area contributed by atoms with Gasteiger partial charge in [0.1, 0.15) is 18.1 Å². The molecule has 1 saturated heterocycles. The van der Waals surface area contributed by atoms with Gasteiger partial charge in [-0.3, -0.25) is 9.59 Å². The Hall–Kier alpha value is -3.25. The summed E-state index contributed by atoms with van der Waals surface area (Å²) in [4.78, 5) is 28.9. The third-order valence-electron chi connectivity index (χ3n) is 5.20. The molecule has 3 aromatic rings. The average molecular weight is 439 g/mol. The zero-order chi connectivity index (χ0) is 21.8. The molecule has 2 heterocycles. The number of carbonyl (C=O) groups is 2. The minimum Gasteiger partial charge on any atom is -0.489 e. The van der Waals surface area contributed by atoms with Crippen LogP contribution >= 0.6 is 11.6 Å². The van der Waals surface area contributed by atoms with Crippen LogP contribution in [0.3, 0.4) is 0 Å². The number of rotatable bonds is 5. The lowest BCUT2D eigenvalue weighted by molar-refractivity contribution is 0.0517. The van der Waals surface area contributed by atoms with Crippen molar-refractivity contribution in [1.29, 1.82) is 0 Å². The molecule has 0 spiro atoms. The third-order valence-corrected chi connectivity index (χ3v) is 5.46. The first-order valence-electron chi connectivity index (χ1n) is 10.1. The Morgan fingerprint density at radius 3 is 2.26 bits per heavy atom. The summed E-state index contributed by atoms with van der Waals surface area (Å²) >= 11 is 5.91. The number of aryl methyl sites for hydroxylation is 1. The molecule has 7 heteroatoms. The summed E-state index contributed by atoms with van der Waals surface area (Å²) in [5.74, 6) is 1.46. The maximum absolute atomic E-state index is 12.9. The molecule has 0 bridgehead atoms. The highest BCUT2D eigenvalue weighted by Gasteiger charge is 2.27. The highest BCUT2D eigenvalue weighted by molar-refractivity contribution is 6.30. The van der Waals surface area contributed by atoms with Gasteiger partial charge in [0.25, 0.3) is 11.8 Å². The Labute approximate surface area is 186 Å². The Morgan fingerprint density at radius 1 is 0.935 bits per heavy atom. The van der Waals surface area contributed by atoms with Crippen molar-refractivity contribution in [3.8, 4) is 5.75 Å². The molecule has 4 rings (SSSR count). The first-order chi connectivity index (χ1) is 15.0. The van der Waals surface area contributed by atoms with Crippen LogP contribution in [0.25, 0.3) is 0 Å². The van der Waals surface area contributed by atoms with Crippen LogP contribution in [0.2, 0.25) is 5.02 Å². The first kappa shape index (κ1) is 21.0. The van der Waals surface area contributed by atoms with E-state index in [-0.39, 0.29) is 11.8 Å². The lowest BCUT2D eigenvalue weighted by Gasteiger charge is -2.34. The van der Waals surface area contributed by atoms with E-state index in [9.17, 15) is 9.59 Å². The molecular formula is C24H23ClN2O4. The Balaban J connectivity index is 1.34. The molecule has 2 aromatic carbocycles. The molecule has 160 valence electrons. The number of furan rings is 1. The SMILES string of the molecule is Cc1ccc(C(=O)N2CCN(C(=O)c3cccc(OCc4ccc(Cl)cc4)c3)CC2)o1. The summed E-state index contributed by atoms with van der Waals surface area (Å²) in [5.41, 5.74) is 1.56. The number of ether oxygens (including phenoxy) is 1. The largest absolute Gasteiger partial charge is 0.489 e. The van der Waals surface area contributed by atoms with Crippen molar-refractivity contribution in [2.45, 2.75) is 13.5 Å². The molecule has 1 fully saturated rings. The third kappa shape index (κ3) is 5.09. The number of amides is 2. The van der Waals surface area contributed by atoms with Crippen molar-refractivity contribution in [1.82, 2.24) is 9.80 Å². The van der Waals surface area contributed by atoms with Crippen LogP contribution in [0.15, 0.2) is 65.1 Å². The zero-order valence-corrected chi connectivity index (χ0v) is 18.0. The fraction of sp³-hybridized carbons (Fsp3) is 0.250. The van der Waals surface area contributed by atoms with Gasteiger partial charge in [-0.1, -0.05) is 29.8 Å². The molecule has 0 radical (unpaired) electrons. The molecule has 0 N–H and O–H groups in total. The Kier molecular flexibility index (Phi) is 6.28. The second-order valence-corrected chi connectivity index (χ2v) is 7.87. The average Bonchev–Trinajstić information content (AvgIpc) is 3.24. The molecule has 0 aliphatic carbocycles. The normalized spacial score (nSPS) is 13.9. The van der Waals surface area contributed by atoms with E-state index in [1.54, 1.807) is 41.0 Å². The number of hydrogen-bond donors (Lipinski definition) is 0. The number of carbonyl (C=O) groups excluding carboxylic acids is 2. The maximum Gasteiger partial charge on any atom is 0.289 e. The molecule has 0 saturated carbocycles. The Morgan fingerprint density at radius 2 is 1.61 bits per heavy atom. The molecular weight excluding hydrogens is 416 g/mol. The van der Waals surface area contributed by atoms with Gasteiger partial charge in [0, 0.05) is 36.8 Å². The highest BCUT2D eigenvalue weighted by atomic mass is 35.5. The van der Waals surface area contributed by atoms with Gasteiger partial charge < -0.3 is 19.0 Å². The molecule has 6 nitrogen and oxygen atoms in total. The predicted molar refractivity (Wildman–Crippen MR) is 117 cm³/mol. The number of hydrogen-bond acceptors (Lipinski definition) is 4. The molecule has 1 aliphatic rings. The fourth-order valence-electron chi connectivity index (χ4n) is 3.47. The van der Waals surface area contributed by atoms with Crippen molar-refractivity contribution in [2.75, 3.05) is 26.2 Å². The van der Waals surface area contributed by atoms with E-state index < -0.39 is 0 Å². The molecule has 0 atom stereocenters. The monoisotopic (exact) mass is 438 g/mol. The molecule has 31 heavy (non-hydrogen) atoms. The van der Waals surface area contributed by atoms with E-state index in [2.05, 4.69) is 0 Å². The van der Waals surface area contributed by atoms with Gasteiger partial charge >= 0.3 is 0 Å². The van der Waals surface area contributed by atoms with Gasteiger partial charge in [-0.25, -0.2) is 0 Å². The van der Waals surface area contributed by atoms with Gasteiger partial charge in [-0.15, -0.1) is 0 Å². The van der Waals surface area contributed by atoms with Crippen LogP contribution in [-0.2, 0) is 6.61 Å². The molecule has 1 aliphatic heterocycles. The van der Waals surface area contributed by atoms with Crippen LogP contribution in [0, 0.1) is 6.92 Å². The van der Waals surface area contributed by atoms with E-state index in [1.807, 2.05) is 36.4 Å². The van der Waals surface area contributed by atoms with Crippen molar-refractivity contribution in [3.05, 3.63) is 88.3 Å². The quantitative estimate of drug-likeness (QED) is 0.591. The van der Waals surface area contributed by atoms with E-state index in [0.717, 1.165) is 5.56 Å². The second kappa shape index (κ2) is 9.27. The number of halogens is 1. The van der Waals surface area contributed by atoms with Gasteiger partial charge in [0.2, 0.25) is 0 Å². The van der Waals surface area contributed by atoms with Gasteiger partial charge in [-0.05, 0) is 55.0 Å². The first-order valence-corrected chi connectivity index (χ1v) is 10.5. The second-order valence-electron chi connectivity index (χ2n) is 7.44. The summed E-state index contributed by atoms with van der Waals surface area (Å²) in [6.07, 6.45) is 0. The number of nitrogens with zero attached hydrogens (tertiary/aromatic N) is 2. The van der Waals surface area contributed by atoms with E-state index >= 15 is 0 Å². The van der Waals surface area contributed by atoms with Crippen LogP contribution in [0.5, 0.6) is 5.75 Å². The van der Waals surface area contributed by atoms with Crippen LogP contribution in [0.1, 0.15) is 32.2 Å². The lowest BCUT2D eigenvalue weighted by Crippen LogP contribution is -2.50. The molecule has 0 unspecified atom stereocenters. The smallest absolute Gasteiger partial charge is 0.289 e. The lowest BCUT2D eigenvalue weighted by atomic mass is 10.1. The van der Waals surface area contributed by atoms with Gasteiger partial charge in [0.15, 0.2) is 5.76 Å². The fourth-order valence-corrected chi connectivity index (χ4v) is 3.59. The van der Waals surface area contributed by atoms with Crippen molar-refractivity contribution in [2.24, 2.45) is 0 Å². The van der Waals surface area contributed by atoms with Crippen molar-refractivity contribution >= 4 is 23.4 Å². The van der Waals surface area contributed by atoms with Crippen molar-refractivity contribution < 1.29 is 18.7 Å². The summed E-state index contributed by atoms with van der Waals surface area (Å²) in [6, 6.07) is 18.1. The van der Waals surface area contributed by atoms with E-state index in [0.29, 0.717) is 60.6 Å². The highest BCUT2D eigenvalue weighted by Crippen LogP contribution is 2.19. The van der Waals surface area contributed by atoms with Crippen LogP contribution in [0.4, 0.5) is 0 Å². The topological polar surface area (TPSA) is 63.0 Å². The Bertz CT molecular complexity index is 1070. The number of piperazine rings is 1. The summed E-state index contributed by atoms with van der Waals surface area (Å²) in [6.45, 7) is 4.08. The van der Waals surface area contributed by atoms with Crippen LogP contribution in [-0.4, -0.2) is 47.8 Å².